The molecule has 0 amide bonds. The van der Waals surface area contributed by atoms with Crippen LogP contribution in [0.3, 0.4) is 0 Å². The molecule has 0 saturated carbocycles. The Kier molecular flexibility index (Phi) is 5.04. The molecule has 5 nitrogen and oxygen atoms in total. The Morgan fingerprint density at radius 2 is 1.89 bits per heavy atom. The quantitative estimate of drug-likeness (QED) is 0.584. The molecule has 1 aliphatic heterocycles. The van der Waals surface area contributed by atoms with Crippen LogP contribution in [0.5, 0.6) is 17.2 Å². The van der Waals surface area contributed by atoms with Crippen molar-refractivity contribution in [3.63, 3.8) is 0 Å². The topological polar surface area (TPSA) is 49.7 Å². The van der Waals surface area contributed by atoms with Crippen molar-refractivity contribution in [1.82, 2.24) is 4.57 Å². The molecule has 0 spiro atoms. The van der Waals surface area contributed by atoms with Crippen molar-refractivity contribution in [2.75, 3.05) is 6.79 Å². The van der Waals surface area contributed by atoms with Crippen LogP contribution < -0.4 is 19.8 Å². The van der Waals surface area contributed by atoms with Gasteiger partial charge in [-0.25, -0.2) is 8.78 Å². The summed E-state index contributed by atoms with van der Waals surface area (Å²) < 4.78 is 44.6. The van der Waals surface area contributed by atoms with E-state index in [9.17, 15) is 13.6 Å². The highest BCUT2D eigenvalue weighted by Gasteiger charge is 2.15. The molecule has 0 fully saturated rings. The molecule has 1 aliphatic rings. The highest BCUT2D eigenvalue weighted by atomic mass is 79.9. The van der Waals surface area contributed by atoms with Gasteiger partial charge in [0, 0.05) is 17.8 Å². The lowest BCUT2D eigenvalue weighted by Crippen LogP contribution is -2.21. The number of aromatic nitrogens is 1. The van der Waals surface area contributed by atoms with E-state index in [2.05, 4.69) is 15.9 Å². The summed E-state index contributed by atoms with van der Waals surface area (Å²) in [6, 6.07) is 10.3. The highest BCUT2D eigenvalue weighted by molar-refractivity contribution is 9.10. The second kappa shape index (κ2) is 7.63. The normalized spacial score (nSPS) is 12.2. The predicted molar refractivity (Wildman–Crippen MR) is 101 cm³/mol. The number of benzene rings is 2. The maximum absolute atomic E-state index is 13.7. The lowest BCUT2D eigenvalue weighted by Gasteiger charge is -2.12. The molecule has 0 radical (unpaired) electrons. The molecule has 0 unspecified atom stereocenters. The molecule has 0 bridgehead atoms. The van der Waals surface area contributed by atoms with E-state index in [0.29, 0.717) is 18.0 Å². The first-order valence-electron chi connectivity index (χ1n) is 8.35. The van der Waals surface area contributed by atoms with Crippen molar-refractivity contribution in [2.24, 2.45) is 0 Å². The number of nitrogens with zero attached hydrogens (tertiary/aromatic N) is 1. The van der Waals surface area contributed by atoms with E-state index in [4.69, 9.17) is 14.2 Å². The SMILES string of the molecule is O=c1c(Br)c(OCc2ccc(F)cc2F)ccn1Cc1ccc2c(c1)OCO2. The number of ether oxygens (including phenoxy) is 3. The first-order valence-corrected chi connectivity index (χ1v) is 9.15. The molecule has 0 saturated heterocycles. The van der Waals surface area contributed by atoms with Crippen molar-refractivity contribution in [2.45, 2.75) is 13.2 Å². The average molecular weight is 450 g/mol. The second-order valence-electron chi connectivity index (χ2n) is 6.14. The summed E-state index contributed by atoms with van der Waals surface area (Å²) in [6.07, 6.45) is 1.59. The molecule has 144 valence electrons. The summed E-state index contributed by atoms with van der Waals surface area (Å²) >= 11 is 3.24. The molecule has 4 rings (SSSR count). The van der Waals surface area contributed by atoms with E-state index in [0.717, 1.165) is 17.7 Å². The number of pyridine rings is 1. The van der Waals surface area contributed by atoms with Gasteiger partial charge >= 0.3 is 0 Å². The molecule has 2 heterocycles. The van der Waals surface area contributed by atoms with Crippen molar-refractivity contribution < 1.29 is 23.0 Å². The number of halogens is 3. The minimum atomic E-state index is -0.702. The molecule has 0 aliphatic carbocycles. The summed E-state index contributed by atoms with van der Waals surface area (Å²) in [7, 11) is 0. The van der Waals surface area contributed by atoms with Crippen LogP contribution in [-0.4, -0.2) is 11.4 Å². The van der Waals surface area contributed by atoms with Crippen LogP contribution in [0.2, 0.25) is 0 Å². The standard InChI is InChI=1S/C20H14BrF2NO4/c21-19-17(26-10-13-2-3-14(22)8-15(13)23)5-6-24(20(19)25)9-12-1-4-16-18(7-12)28-11-27-16/h1-8H,9-11H2. The van der Waals surface area contributed by atoms with Gasteiger partial charge in [-0.15, -0.1) is 0 Å². The fourth-order valence-electron chi connectivity index (χ4n) is 2.80. The first-order chi connectivity index (χ1) is 13.5. The lowest BCUT2D eigenvalue weighted by atomic mass is 10.2. The lowest BCUT2D eigenvalue weighted by molar-refractivity contribution is 0.174. The zero-order valence-electron chi connectivity index (χ0n) is 14.5. The van der Waals surface area contributed by atoms with Gasteiger partial charge in [-0.1, -0.05) is 6.07 Å². The van der Waals surface area contributed by atoms with Crippen LogP contribution in [0.1, 0.15) is 11.1 Å². The van der Waals surface area contributed by atoms with Gasteiger partial charge in [0.15, 0.2) is 11.5 Å². The van der Waals surface area contributed by atoms with Crippen LogP contribution in [0.4, 0.5) is 8.78 Å². The summed E-state index contributed by atoms with van der Waals surface area (Å²) in [6.45, 7) is 0.391. The monoisotopic (exact) mass is 449 g/mol. The van der Waals surface area contributed by atoms with Gasteiger partial charge < -0.3 is 18.8 Å². The first kappa shape index (κ1) is 18.5. The van der Waals surface area contributed by atoms with E-state index in [1.807, 2.05) is 12.1 Å². The van der Waals surface area contributed by atoms with Gasteiger partial charge in [0.25, 0.3) is 5.56 Å². The fourth-order valence-corrected chi connectivity index (χ4v) is 3.27. The maximum Gasteiger partial charge on any atom is 0.268 e. The highest BCUT2D eigenvalue weighted by Crippen LogP contribution is 2.32. The largest absolute Gasteiger partial charge is 0.487 e. The third-order valence-electron chi connectivity index (χ3n) is 4.26. The minimum Gasteiger partial charge on any atom is -0.487 e. The average Bonchev–Trinajstić information content (AvgIpc) is 3.14. The van der Waals surface area contributed by atoms with Crippen molar-refractivity contribution in [1.29, 1.82) is 0 Å². The van der Waals surface area contributed by atoms with Gasteiger partial charge in [0.2, 0.25) is 6.79 Å². The van der Waals surface area contributed by atoms with Crippen LogP contribution in [0.25, 0.3) is 0 Å². The van der Waals surface area contributed by atoms with Crippen LogP contribution in [-0.2, 0) is 13.2 Å². The fraction of sp³-hybridized carbons (Fsp3) is 0.150. The Labute approximate surface area is 167 Å². The Hall–Kier alpha value is -2.87. The third kappa shape index (κ3) is 3.73. The van der Waals surface area contributed by atoms with Gasteiger partial charge in [0.1, 0.15) is 28.5 Å². The zero-order valence-corrected chi connectivity index (χ0v) is 16.0. The Morgan fingerprint density at radius 1 is 1.07 bits per heavy atom. The van der Waals surface area contributed by atoms with Crippen molar-refractivity contribution in [3.05, 3.63) is 86.2 Å². The van der Waals surface area contributed by atoms with E-state index in [-0.39, 0.29) is 34.7 Å². The molecule has 0 N–H and O–H groups in total. The van der Waals surface area contributed by atoms with Gasteiger partial charge in [-0.2, -0.15) is 0 Å². The van der Waals surface area contributed by atoms with Crippen LogP contribution in [0.15, 0.2) is 57.9 Å². The molecule has 1 aromatic heterocycles. The number of hydrogen-bond acceptors (Lipinski definition) is 4. The second-order valence-corrected chi connectivity index (χ2v) is 6.93. The molecular weight excluding hydrogens is 436 g/mol. The van der Waals surface area contributed by atoms with Crippen molar-refractivity contribution >= 4 is 15.9 Å². The van der Waals surface area contributed by atoms with Crippen LogP contribution in [0, 0.1) is 11.6 Å². The van der Waals surface area contributed by atoms with E-state index in [1.54, 1.807) is 18.3 Å². The number of rotatable bonds is 5. The smallest absolute Gasteiger partial charge is 0.268 e. The third-order valence-corrected chi connectivity index (χ3v) is 4.99. The zero-order chi connectivity index (χ0) is 19.7. The summed E-state index contributed by atoms with van der Waals surface area (Å²) in [5.41, 5.74) is 0.771. The molecule has 3 aromatic rings. The summed E-state index contributed by atoms with van der Waals surface area (Å²) in [4.78, 5) is 12.6. The number of fused-ring (bicyclic) bond motifs is 1. The van der Waals surface area contributed by atoms with Crippen molar-refractivity contribution in [3.8, 4) is 17.2 Å². The Bertz CT molecular complexity index is 1100. The molecule has 0 atom stereocenters. The molecule has 2 aromatic carbocycles. The van der Waals surface area contributed by atoms with E-state index in [1.165, 1.54) is 10.6 Å². The molecule has 28 heavy (non-hydrogen) atoms. The minimum absolute atomic E-state index is 0.129. The predicted octanol–water partition coefficient (Wildman–Crippen LogP) is 4.25. The van der Waals surface area contributed by atoms with Gasteiger partial charge in [-0.05, 0) is 51.8 Å². The van der Waals surface area contributed by atoms with E-state index >= 15 is 0 Å². The van der Waals surface area contributed by atoms with Gasteiger partial charge in [0.05, 0.1) is 6.54 Å². The molecular formula is C20H14BrF2NO4. The molecule has 8 heteroatoms. The Morgan fingerprint density at radius 3 is 2.71 bits per heavy atom. The van der Waals surface area contributed by atoms with Crippen LogP contribution >= 0.6 is 15.9 Å². The van der Waals surface area contributed by atoms with Gasteiger partial charge in [-0.3, -0.25) is 4.79 Å². The number of hydrogen-bond donors (Lipinski definition) is 0. The summed E-state index contributed by atoms with van der Waals surface area (Å²) in [5, 5.41) is 0. The van der Waals surface area contributed by atoms with E-state index < -0.39 is 11.6 Å². The maximum atomic E-state index is 13.7. The summed E-state index contributed by atoms with van der Waals surface area (Å²) in [5.74, 6) is 0.233. The Balaban J connectivity index is 1.51.